The van der Waals surface area contributed by atoms with E-state index >= 15 is 0 Å². The fraction of sp³-hybridized carbons (Fsp3) is 0.0566. The topological polar surface area (TPSA) is 51.6 Å². The number of hydrogen-bond acceptors (Lipinski definition) is 4. The lowest BCUT2D eigenvalue weighted by atomic mass is 9.67. The van der Waals surface area contributed by atoms with E-state index in [2.05, 4.69) is 183 Å². The van der Waals surface area contributed by atoms with Crippen LogP contribution in [-0.2, 0) is 5.41 Å². The Labute approximate surface area is 333 Å². The second kappa shape index (κ2) is 14.1. The molecule has 1 atom stereocenters. The molecular weight excluding hydrogens is 693 g/mol. The third-order valence-electron chi connectivity index (χ3n) is 11.3. The first-order valence-corrected chi connectivity index (χ1v) is 19.4. The second-order valence-electron chi connectivity index (χ2n) is 14.8. The number of hydrogen-bond donors (Lipinski definition) is 0. The predicted molar refractivity (Wildman–Crippen MR) is 232 cm³/mol. The molecule has 2 heterocycles. The van der Waals surface area contributed by atoms with Crippen LogP contribution in [0.4, 0.5) is 0 Å². The smallest absolute Gasteiger partial charge is 0.164 e. The molecule has 0 N–H and O–H groups in total. The van der Waals surface area contributed by atoms with Crippen LogP contribution < -0.4 is 0 Å². The molecule has 1 unspecified atom stereocenters. The highest BCUT2D eigenvalue weighted by Crippen LogP contribution is 2.56. The zero-order chi connectivity index (χ0) is 38.3. The van der Waals surface area contributed by atoms with Gasteiger partial charge in [0.05, 0.1) is 5.41 Å². The van der Waals surface area contributed by atoms with Crippen LogP contribution >= 0.6 is 0 Å². The minimum absolute atomic E-state index is 0.590. The molecule has 270 valence electrons. The van der Waals surface area contributed by atoms with Crippen molar-refractivity contribution in [1.29, 1.82) is 0 Å². The van der Waals surface area contributed by atoms with Crippen LogP contribution in [0.3, 0.4) is 0 Å². The van der Waals surface area contributed by atoms with E-state index in [1.165, 1.54) is 38.9 Å². The van der Waals surface area contributed by atoms with Gasteiger partial charge in [0.25, 0.3) is 0 Å². The van der Waals surface area contributed by atoms with Gasteiger partial charge >= 0.3 is 0 Å². The van der Waals surface area contributed by atoms with E-state index in [-0.39, 0.29) is 0 Å². The van der Waals surface area contributed by atoms with Crippen LogP contribution in [0.1, 0.15) is 33.5 Å². The number of nitrogens with zero attached hydrogens (tertiary/aromatic N) is 4. The maximum atomic E-state index is 5.20. The highest BCUT2D eigenvalue weighted by molar-refractivity contribution is 5.88. The standard InChI is InChI=1S/C53H38N4/c1-35-32-47(36(2)54-34-35)39-26-29-44(30-27-39)53(43-18-10-5-11-19-43)48-21-13-12-20-45(48)46-31-28-42(33-49(46)53)52-56-50(40-16-8-4-9-17-40)55-51(57-52)41-24-22-38(23-25-41)37-14-6-3-7-15-37/h3-34H,1-2H3. The van der Waals surface area contributed by atoms with E-state index < -0.39 is 5.41 Å². The van der Waals surface area contributed by atoms with Gasteiger partial charge in [-0.05, 0) is 81.6 Å². The van der Waals surface area contributed by atoms with Crippen molar-refractivity contribution in [3.63, 3.8) is 0 Å². The Balaban J connectivity index is 1.16. The molecule has 9 aromatic rings. The van der Waals surface area contributed by atoms with Crippen molar-refractivity contribution in [1.82, 2.24) is 19.9 Å². The molecule has 2 aromatic heterocycles. The van der Waals surface area contributed by atoms with Gasteiger partial charge in [0.2, 0.25) is 0 Å². The number of aromatic nitrogens is 4. The van der Waals surface area contributed by atoms with Crippen molar-refractivity contribution in [2.75, 3.05) is 0 Å². The molecule has 0 saturated heterocycles. The Morgan fingerprint density at radius 3 is 1.51 bits per heavy atom. The number of benzene rings is 7. The Hall–Kier alpha value is -7.30. The number of fused-ring (bicyclic) bond motifs is 3. The van der Waals surface area contributed by atoms with Crippen LogP contribution in [0.15, 0.2) is 194 Å². The molecule has 0 radical (unpaired) electrons. The highest BCUT2D eigenvalue weighted by atomic mass is 15.0. The molecule has 1 aliphatic carbocycles. The van der Waals surface area contributed by atoms with E-state index in [9.17, 15) is 0 Å². The summed E-state index contributed by atoms with van der Waals surface area (Å²) in [5, 5.41) is 0. The molecule has 7 aromatic carbocycles. The largest absolute Gasteiger partial charge is 0.261 e. The summed E-state index contributed by atoms with van der Waals surface area (Å²) in [4.78, 5) is 20.1. The lowest BCUT2D eigenvalue weighted by molar-refractivity contribution is 0.768. The average Bonchev–Trinajstić information content (AvgIpc) is 3.58. The SMILES string of the molecule is Cc1cnc(C)c(-c2ccc(C3(c4ccccc4)c4ccccc4-c4ccc(-c5nc(-c6ccccc6)nc(-c6ccc(-c7ccccc7)cc6)n5)cc43)cc2)c1. The Morgan fingerprint density at radius 1 is 0.351 bits per heavy atom. The summed E-state index contributed by atoms with van der Waals surface area (Å²) in [7, 11) is 0. The van der Waals surface area contributed by atoms with Crippen LogP contribution in [0, 0.1) is 13.8 Å². The Kier molecular flexibility index (Phi) is 8.45. The molecule has 57 heavy (non-hydrogen) atoms. The van der Waals surface area contributed by atoms with E-state index in [0.717, 1.165) is 44.6 Å². The Bertz CT molecular complexity index is 2890. The molecule has 1 aliphatic rings. The third-order valence-corrected chi connectivity index (χ3v) is 11.3. The highest BCUT2D eigenvalue weighted by Gasteiger charge is 2.46. The Morgan fingerprint density at radius 2 is 0.825 bits per heavy atom. The molecule has 4 nitrogen and oxygen atoms in total. The van der Waals surface area contributed by atoms with Crippen LogP contribution in [-0.4, -0.2) is 19.9 Å². The van der Waals surface area contributed by atoms with Gasteiger partial charge in [-0.2, -0.15) is 0 Å². The first-order chi connectivity index (χ1) is 28.1. The van der Waals surface area contributed by atoms with Crippen molar-refractivity contribution in [3.05, 3.63) is 228 Å². The summed E-state index contributed by atoms with van der Waals surface area (Å²) in [6.07, 6.45) is 1.93. The number of aryl methyl sites for hydroxylation is 2. The van der Waals surface area contributed by atoms with Gasteiger partial charge in [0.15, 0.2) is 17.5 Å². The summed E-state index contributed by atoms with van der Waals surface area (Å²) in [6.45, 7) is 4.17. The van der Waals surface area contributed by atoms with Crippen LogP contribution in [0.5, 0.6) is 0 Å². The summed E-state index contributed by atoms with van der Waals surface area (Å²) < 4.78 is 0. The second-order valence-corrected chi connectivity index (χ2v) is 14.8. The maximum absolute atomic E-state index is 5.20. The summed E-state index contributed by atoms with van der Waals surface area (Å²) in [5.74, 6) is 1.90. The first kappa shape index (κ1) is 34.2. The number of rotatable bonds is 7. The van der Waals surface area contributed by atoms with E-state index in [0.29, 0.717) is 17.5 Å². The lowest BCUT2D eigenvalue weighted by Crippen LogP contribution is -2.28. The maximum Gasteiger partial charge on any atom is 0.164 e. The normalized spacial score (nSPS) is 14.2. The molecule has 0 bridgehead atoms. The predicted octanol–water partition coefficient (Wildman–Crippen LogP) is 12.6. The fourth-order valence-corrected chi connectivity index (χ4v) is 8.52. The number of pyridine rings is 1. The third kappa shape index (κ3) is 5.94. The summed E-state index contributed by atoms with van der Waals surface area (Å²) in [6, 6.07) is 66.9. The van der Waals surface area contributed by atoms with Crippen molar-refractivity contribution in [2.24, 2.45) is 0 Å². The monoisotopic (exact) mass is 730 g/mol. The molecule has 0 fully saturated rings. The van der Waals surface area contributed by atoms with Gasteiger partial charge in [0, 0.05) is 34.1 Å². The molecular formula is C53H38N4. The summed E-state index contributed by atoms with van der Waals surface area (Å²) in [5.41, 5.74) is 16.3. The van der Waals surface area contributed by atoms with Gasteiger partial charge in [-0.25, -0.2) is 15.0 Å². The minimum atomic E-state index is -0.590. The van der Waals surface area contributed by atoms with E-state index in [1.54, 1.807) is 0 Å². The van der Waals surface area contributed by atoms with Gasteiger partial charge in [-0.3, -0.25) is 4.98 Å². The molecule has 10 rings (SSSR count). The molecule has 0 aliphatic heterocycles. The fourth-order valence-electron chi connectivity index (χ4n) is 8.52. The molecule has 0 saturated carbocycles. The van der Waals surface area contributed by atoms with Crippen LogP contribution in [0.2, 0.25) is 0 Å². The van der Waals surface area contributed by atoms with Crippen molar-refractivity contribution in [3.8, 4) is 67.5 Å². The first-order valence-electron chi connectivity index (χ1n) is 19.4. The lowest BCUT2D eigenvalue weighted by Gasteiger charge is -2.34. The quantitative estimate of drug-likeness (QED) is 0.164. The van der Waals surface area contributed by atoms with E-state index in [4.69, 9.17) is 15.0 Å². The van der Waals surface area contributed by atoms with Gasteiger partial charge in [-0.1, -0.05) is 176 Å². The van der Waals surface area contributed by atoms with Gasteiger partial charge in [0.1, 0.15) is 0 Å². The van der Waals surface area contributed by atoms with Crippen molar-refractivity contribution < 1.29 is 0 Å². The zero-order valence-electron chi connectivity index (χ0n) is 31.8. The van der Waals surface area contributed by atoms with Crippen molar-refractivity contribution in [2.45, 2.75) is 19.3 Å². The molecule has 0 amide bonds. The molecule has 4 heteroatoms. The van der Waals surface area contributed by atoms with Gasteiger partial charge < -0.3 is 0 Å². The molecule has 0 spiro atoms. The van der Waals surface area contributed by atoms with Gasteiger partial charge in [-0.15, -0.1) is 0 Å². The summed E-state index contributed by atoms with van der Waals surface area (Å²) >= 11 is 0. The van der Waals surface area contributed by atoms with Crippen molar-refractivity contribution >= 4 is 0 Å². The van der Waals surface area contributed by atoms with Crippen LogP contribution in [0.25, 0.3) is 67.5 Å². The zero-order valence-corrected chi connectivity index (χ0v) is 31.8. The average molecular weight is 731 g/mol. The van der Waals surface area contributed by atoms with E-state index in [1.807, 2.05) is 30.5 Å². The minimum Gasteiger partial charge on any atom is -0.261 e.